The van der Waals surface area contributed by atoms with Gasteiger partial charge in [-0.2, -0.15) is 0 Å². The Morgan fingerprint density at radius 3 is 2.28 bits per heavy atom. The molecule has 0 aromatic heterocycles. The molecule has 2 aromatic rings. The van der Waals surface area contributed by atoms with Crippen LogP contribution in [0.25, 0.3) is 0 Å². The van der Waals surface area contributed by atoms with Crippen molar-refractivity contribution in [2.75, 3.05) is 5.32 Å². The molecule has 0 bridgehead atoms. The van der Waals surface area contributed by atoms with Gasteiger partial charge in [-0.15, -0.1) is 0 Å². The van der Waals surface area contributed by atoms with Gasteiger partial charge < -0.3 is 10.6 Å². The number of anilines is 1. The molecule has 0 heterocycles. The Bertz CT molecular complexity index is 815. The van der Waals surface area contributed by atoms with Crippen LogP contribution in [0.1, 0.15) is 24.0 Å². The summed E-state index contributed by atoms with van der Waals surface area (Å²) in [6, 6.07) is 12.7. The number of hydrogen-bond donors (Lipinski definition) is 2. The SMILES string of the molecule is Cc1ccc(CNC(=O)C2(C(=O)Nc3ccc(Cl)c(Cl)c3)CC2)cc1. The van der Waals surface area contributed by atoms with Crippen LogP contribution in [-0.2, 0) is 16.1 Å². The van der Waals surface area contributed by atoms with Gasteiger partial charge in [0.25, 0.3) is 0 Å². The summed E-state index contributed by atoms with van der Waals surface area (Å²) < 4.78 is 0. The lowest BCUT2D eigenvalue weighted by Crippen LogP contribution is -2.39. The summed E-state index contributed by atoms with van der Waals surface area (Å²) in [5.41, 5.74) is 1.70. The summed E-state index contributed by atoms with van der Waals surface area (Å²) in [4.78, 5) is 25.0. The highest BCUT2D eigenvalue weighted by atomic mass is 35.5. The smallest absolute Gasteiger partial charge is 0.240 e. The Kier molecular flexibility index (Phi) is 5.02. The number of rotatable bonds is 5. The number of halogens is 2. The van der Waals surface area contributed by atoms with Crippen molar-refractivity contribution < 1.29 is 9.59 Å². The topological polar surface area (TPSA) is 58.2 Å². The molecule has 1 aliphatic rings. The van der Waals surface area contributed by atoms with Crippen molar-refractivity contribution in [2.45, 2.75) is 26.3 Å². The van der Waals surface area contributed by atoms with Gasteiger partial charge in [0.05, 0.1) is 10.0 Å². The zero-order valence-corrected chi connectivity index (χ0v) is 15.2. The minimum absolute atomic E-state index is 0.245. The van der Waals surface area contributed by atoms with Crippen molar-refractivity contribution >= 4 is 40.7 Å². The Morgan fingerprint density at radius 1 is 1.00 bits per heavy atom. The third kappa shape index (κ3) is 3.97. The fourth-order valence-electron chi connectivity index (χ4n) is 2.56. The summed E-state index contributed by atoms with van der Waals surface area (Å²) in [5, 5.41) is 6.39. The van der Waals surface area contributed by atoms with E-state index in [2.05, 4.69) is 10.6 Å². The first kappa shape index (κ1) is 17.8. The van der Waals surface area contributed by atoms with E-state index in [0.29, 0.717) is 35.1 Å². The fraction of sp³-hybridized carbons (Fsp3) is 0.263. The van der Waals surface area contributed by atoms with Crippen LogP contribution in [0.15, 0.2) is 42.5 Å². The number of nitrogens with one attached hydrogen (secondary N) is 2. The van der Waals surface area contributed by atoms with Crippen LogP contribution >= 0.6 is 23.2 Å². The van der Waals surface area contributed by atoms with E-state index in [1.807, 2.05) is 31.2 Å². The molecule has 1 saturated carbocycles. The third-order valence-electron chi connectivity index (χ3n) is 4.37. The molecular formula is C19H18Cl2N2O2. The van der Waals surface area contributed by atoms with Crippen LogP contribution in [0.4, 0.5) is 5.69 Å². The third-order valence-corrected chi connectivity index (χ3v) is 5.11. The number of aryl methyl sites for hydroxylation is 1. The fourth-order valence-corrected chi connectivity index (χ4v) is 2.86. The van der Waals surface area contributed by atoms with Gasteiger partial charge in [0.15, 0.2) is 0 Å². The normalized spacial score (nSPS) is 14.7. The average molecular weight is 377 g/mol. The van der Waals surface area contributed by atoms with E-state index < -0.39 is 5.41 Å². The largest absolute Gasteiger partial charge is 0.351 e. The Morgan fingerprint density at radius 2 is 1.68 bits per heavy atom. The van der Waals surface area contributed by atoms with Gasteiger partial charge in [0, 0.05) is 12.2 Å². The minimum Gasteiger partial charge on any atom is -0.351 e. The molecule has 2 N–H and O–H groups in total. The van der Waals surface area contributed by atoms with E-state index in [1.54, 1.807) is 18.2 Å². The van der Waals surface area contributed by atoms with Gasteiger partial charge in [-0.05, 0) is 43.5 Å². The van der Waals surface area contributed by atoms with Gasteiger partial charge in [-0.1, -0.05) is 53.0 Å². The molecular weight excluding hydrogens is 359 g/mol. The molecule has 3 rings (SSSR count). The van der Waals surface area contributed by atoms with Crippen molar-refractivity contribution in [3.8, 4) is 0 Å². The Balaban J connectivity index is 1.62. The Labute approximate surface area is 156 Å². The van der Waals surface area contributed by atoms with Crippen LogP contribution in [0.3, 0.4) is 0 Å². The first-order chi connectivity index (χ1) is 11.9. The molecule has 130 valence electrons. The lowest BCUT2D eigenvalue weighted by molar-refractivity contribution is -0.134. The highest BCUT2D eigenvalue weighted by Gasteiger charge is 2.56. The average Bonchev–Trinajstić information content (AvgIpc) is 3.39. The molecule has 0 spiro atoms. The van der Waals surface area contributed by atoms with E-state index in [9.17, 15) is 9.59 Å². The van der Waals surface area contributed by atoms with Gasteiger partial charge in [0.1, 0.15) is 5.41 Å². The van der Waals surface area contributed by atoms with Crippen LogP contribution in [0.5, 0.6) is 0 Å². The van der Waals surface area contributed by atoms with E-state index in [1.165, 1.54) is 0 Å². The maximum atomic E-state index is 12.5. The number of carbonyl (C=O) groups excluding carboxylic acids is 2. The highest BCUT2D eigenvalue weighted by molar-refractivity contribution is 6.42. The van der Waals surface area contributed by atoms with Gasteiger partial charge >= 0.3 is 0 Å². The molecule has 0 aliphatic heterocycles. The summed E-state index contributed by atoms with van der Waals surface area (Å²) in [6.45, 7) is 2.41. The van der Waals surface area contributed by atoms with Crippen molar-refractivity contribution in [3.05, 3.63) is 63.6 Å². The molecule has 1 fully saturated rings. The van der Waals surface area contributed by atoms with E-state index >= 15 is 0 Å². The standard InChI is InChI=1S/C19H18Cl2N2O2/c1-12-2-4-13(5-3-12)11-22-17(24)19(8-9-19)18(25)23-14-6-7-15(20)16(21)10-14/h2-7,10H,8-9,11H2,1H3,(H,22,24)(H,23,25). The zero-order valence-electron chi connectivity index (χ0n) is 13.7. The van der Waals surface area contributed by atoms with Crippen molar-refractivity contribution in [1.82, 2.24) is 5.32 Å². The van der Waals surface area contributed by atoms with Crippen LogP contribution < -0.4 is 10.6 Å². The van der Waals surface area contributed by atoms with E-state index in [4.69, 9.17) is 23.2 Å². The van der Waals surface area contributed by atoms with E-state index in [-0.39, 0.29) is 11.8 Å². The van der Waals surface area contributed by atoms with Crippen LogP contribution in [0.2, 0.25) is 10.0 Å². The lowest BCUT2D eigenvalue weighted by Gasteiger charge is -2.16. The van der Waals surface area contributed by atoms with Gasteiger partial charge in [-0.3, -0.25) is 9.59 Å². The summed E-state index contributed by atoms with van der Waals surface area (Å²) in [7, 11) is 0. The lowest BCUT2D eigenvalue weighted by atomic mass is 10.0. The maximum Gasteiger partial charge on any atom is 0.240 e. The summed E-state index contributed by atoms with van der Waals surface area (Å²) in [5.74, 6) is -0.557. The van der Waals surface area contributed by atoms with Gasteiger partial charge in [0.2, 0.25) is 11.8 Å². The number of carbonyl (C=O) groups is 2. The molecule has 2 amide bonds. The molecule has 0 atom stereocenters. The molecule has 0 unspecified atom stereocenters. The first-order valence-electron chi connectivity index (χ1n) is 8.01. The van der Waals surface area contributed by atoms with Crippen molar-refractivity contribution in [3.63, 3.8) is 0 Å². The molecule has 4 nitrogen and oxygen atoms in total. The zero-order chi connectivity index (χ0) is 18.0. The monoisotopic (exact) mass is 376 g/mol. The molecule has 0 radical (unpaired) electrons. The quantitative estimate of drug-likeness (QED) is 0.762. The maximum absolute atomic E-state index is 12.5. The predicted octanol–water partition coefficient (Wildman–Crippen LogP) is 4.34. The van der Waals surface area contributed by atoms with Crippen LogP contribution in [0, 0.1) is 12.3 Å². The minimum atomic E-state index is -0.989. The number of amides is 2. The molecule has 2 aromatic carbocycles. The molecule has 25 heavy (non-hydrogen) atoms. The van der Waals surface area contributed by atoms with Crippen molar-refractivity contribution in [2.24, 2.45) is 5.41 Å². The second-order valence-corrected chi connectivity index (χ2v) is 7.15. The molecule has 0 saturated heterocycles. The summed E-state index contributed by atoms with van der Waals surface area (Å²) in [6.07, 6.45) is 1.08. The molecule has 6 heteroatoms. The van der Waals surface area contributed by atoms with Crippen LogP contribution in [-0.4, -0.2) is 11.8 Å². The van der Waals surface area contributed by atoms with E-state index in [0.717, 1.165) is 11.1 Å². The van der Waals surface area contributed by atoms with Gasteiger partial charge in [-0.25, -0.2) is 0 Å². The second kappa shape index (κ2) is 7.06. The summed E-state index contributed by atoms with van der Waals surface area (Å²) >= 11 is 11.8. The number of hydrogen-bond acceptors (Lipinski definition) is 2. The Hall–Kier alpha value is -2.04. The highest BCUT2D eigenvalue weighted by Crippen LogP contribution is 2.47. The van der Waals surface area contributed by atoms with Crippen molar-refractivity contribution in [1.29, 1.82) is 0 Å². The second-order valence-electron chi connectivity index (χ2n) is 6.33. The molecule has 1 aliphatic carbocycles. The first-order valence-corrected chi connectivity index (χ1v) is 8.77. The number of benzene rings is 2. The predicted molar refractivity (Wildman–Crippen MR) is 99.8 cm³/mol.